The molecule has 3 N–H and O–H groups in total. The van der Waals surface area contributed by atoms with Crippen LogP contribution < -0.4 is 16.0 Å². The summed E-state index contributed by atoms with van der Waals surface area (Å²) in [4.78, 5) is 22.9. The van der Waals surface area contributed by atoms with Gasteiger partial charge in [-0.05, 0) is 39.0 Å². The molecule has 6 heteroatoms. The molecule has 0 aliphatic rings. The van der Waals surface area contributed by atoms with E-state index in [-0.39, 0.29) is 11.5 Å². The van der Waals surface area contributed by atoms with Gasteiger partial charge in [0, 0.05) is 30.0 Å². The molecule has 0 fully saturated rings. The number of hydrogen-bond acceptors (Lipinski definition) is 4. The molecule has 0 spiro atoms. The van der Waals surface area contributed by atoms with E-state index in [1.807, 2.05) is 26.8 Å². The molecule has 2 amide bonds. The predicted molar refractivity (Wildman–Crippen MR) is 86.0 cm³/mol. The van der Waals surface area contributed by atoms with Gasteiger partial charge in [-0.25, -0.2) is 0 Å². The maximum atomic E-state index is 11.9. The SMILES string of the molecule is CC(=O)Nc1cccc(N/C=C(/C#N)C(=O)NC(C)(C)C)c1. The summed E-state index contributed by atoms with van der Waals surface area (Å²) in [6.07, 6.45) is 1.34. The second-order valence-electron chi connectivity index (χ2n) is 5.78. The highest BCUT2D eigenvalue weighted by Crippen LogP contribution is 2.15. The van der Waals surface area contributed by atoms with E-state index >= 15 is 0 Å². The van der Waals surface area contributed by atoms with Crippen molar-refractivity contribution < 1.29 is 9.59 Å². The number of carbonyl (C=O) groups is 2. The first-order valence-electron chi connectivity index (χ1n) is 6.78. The Balaban J connectivity index is 2.83. The van der Waals surface area contributed by atoms with Gasteiger partial charge in [0.15, 0.2) is 0 Å². The Bertz CT molecular complexity index is 636. The summed E-state index contributed by atoms with van der Waals surface area (Å²) in [6.45, 7) is 6.93. The van der Waals surface area contributed by atoms with E-state index in [2.05, 4.69) is 16.0 Å². The van der Waals surface area contributed by atoms with Gasteiger partial charge in [0.1, 0.15) is 11.6 Å². The van der Waals surface area contributed by atoms with Crippen molar-refractivity contribution in [2.45, 2.75) is 33.2 Å². The highest BCUT2D eigenvalue weighted by molar-refractivity contribution is 5.98. The molecule has 0 atom stereocenters. The maximum Gasteiger partial charge on any atom is 0.263 e. The Hall–Kier alpha value is -2.81. The van der Waals surface area contributed by atoms with Crippen LogP contribution in [-0.4, -0.2) is 17.4 Å². The summed E-state index contributed by atoms with van der Waals surface area (Å²) in [6, 6.07) is 8.82. The second-order valence-corrected chi connectivity index (χ2v) is 5.78. The average molecular weight is 300 g/mol. The van der Waals surface area contributed by atoms with E-state index in [9.17, 15) is 9.59 Å². The van der Waals surface area contributed by atoms with E-state index in [0.29, 0.717) is 11.4 Å². The normalized spacial score (nSPS) is 11.3. The maximum absolute atomic E-state index is 11.9. The number of amides is 2. The molecule has 1 aromatic carbocycles. The number of nitrogens with zero attached hydrogens (tertiary/aromatic N) is 1. The summed E-state index contributed by atoms with van der Waals surface area (Å²) in [5, 5.41) is 17.3. The van der Waals surface area contributed by atoms with Crippen LogP contribution in [0.4, 0.5) is 11.4 Å². The highest BCUT2D eigenvalue weighted by Gasteiger charge is 2.17. The monoisotopic (exact) mass is 300 g/mol. The summed E-state index contributed by atoms with van der Waals surface area (Å²) >= 11 is 0. The Morgan fingerprint density at radius 3 is 2.41 bits per heavy atom. The Kier molecular flexibility index (Phi) is 5.70. The van der Waals surface area contributed by atoms with Crippen molar-refractivity contribution in [3.63, 3.8) is 0 Å². The van der Waals surface area contributed by atoms with Crippen molar-refractivity contribution in [3.8, 4) is 6.07 Å². The minimum Gasteiger partial charge on any atom is -0.360 e. The molecule has 0 radical (unpaired) electrons. The standard InChI is InChI=1S/C16H20N4O2/c1-11(21)19-14-7-5-6-13(8-14)18-10-12(9-17)15(22)20-16(2,3)4/h5-8,10,18H,1-4H3,(H,19,21)(H,20,22)/b12-10-. The van der Waals surface area contributed by atoms with E-state index in [4.69, 9.17) is 5.26 Å². The number of hydrogen-bond donors (Lipinski definition) is 3. The minimum absolute atomic E-state index is 0.0279. The molecule has 0 aromatic heterocycles. The van der Waals surface area contributed by atoms with Gasteiger partial charge in [0.25, 0.3) is 5.91 Å². The van der Waals surface area contributed by atoms with Crippen LogP contribution in [0.15, 0.2) is 36.0 Å². The fraction of sp³-hybridized carbons (Fsp3) is 0.312. The van der Waals surface area contributed by atoms with Crippen LogP contribution in [0.1, 0.15) is 27.7 Å². The lowest BCUT2D eigenvalue weighted by molar-refractivity contribution is -0.118. The van der Waals surface area contributed by atoms with Crippen LogP contribution in [-0.2, 0) is 9.59 Å². The largest absolute Gasteiger partial charge is 0.360 e. The first-order valence-corrected chi connectivity index (χ1v) is 6.78. The smallest absolute Gasteiger partial charge is 0.263 e. The zero-order valence-electron chi connectivity index (χ0n) is 13.2. The minimum atomic E-state index is -0.444. The molecule has 22 heavy (non-hydrogen) atoms. The van der Waals surface area contributed by atoms with Crippen LogP contribution >= 0.6 is 0 Å². The number of nitriles is 1. The number of nitrogens with one attached hydrogen (secondary N) is 3. The van der Waals surface area contributed by atoms with Gasteiger partial charge in [-0.15, -0.1) is 0 Å². The molecule has 6 nitrogen and oxygen atoms in total. The van der Waals surface area contributed by atoms with Gasteiger partial charge in [-0.1, -0.05) is 6.07 Å². The van der Waals surface area contributed by atoms with Crippen LogP contribution in [0.25, 0.3) is 0 Å². The molecule has 0 unspecified atom stereocenters. The number of carbonyl (C=O) groups excluding carboxylic acids is 2. The van der Waals surface area contributed by atoms with Crippen molar-refractivity contribution in [1.82, 2.24) is 5.32 Å². The van der Waals surface area contributed by atoms with Gasteiger partial charge >= 0.3 is 0 Å². The molecule has 116 valence electrons. The lowest BCUT2D eigenvalue weighted by atomic mass is 10.1. The zero-order chi connectivity index (χ0) is 16.8. The lowest BCUT2D eigenvalue weighted by Crippen LogP contribution is -2.41. The summed E-state index contributed by atoms with van der Waals surface area (Å²) in [5.74, 6) is -0.615. The molecular formula is C16H20N4O2. The van der Waals surface area contributed by atoms with Crippen LogP contribution in [0.3, 0.4) is 0 Å². The zero-order valence-corrected chi connectivity index (χ0v) is 13.2. The summed E-state index contributed by atoms with van der Waals surface area (Å²) in [7, 11) is 0. The van der Waals surface area contributed by atoms with Gasteiger partial charge in [-0.3, -0.25) is 9.59 Å². The Morgan fingerprint density at radius 1 is 1.23 bits per heavy atom. The van der Waals surface area contributed by atoms with E-state index in [1.54, 1.807) is 24.3 Å². The van der Waals surface area contributed by atoms with Crippen molar-refractivity contribution in [2.24, 2.45) is 0 Å². The Morgan fingerprint density at radius 2 is 1.86 bits per heavy atom. The van der Waals surface area contributed by atoms with Gasteiger partial charge < -0.3 is 16.0 Å². The van der Waals surface area contributed by atoms with Gasteiger partial charge in [0.2, 0.25) is 5.91 Å². The molecule has 0 bridgehead atoms. The third-order valence-electron chi connectivity index (χ3n) is 2.42. The average Bonchev–Trinajstić information content (AvgIpc) is 2.37. The Labute approximate surface area is 130 Å². The second kappa shape index (κ2) is 7.27. The van der Waals surface area contributed by atoms with E-state index in [1.165, 1.54) is 13.1 Å². The first-order chi connectivity index (χ1) is 10.2. The lowest BCUT2D eigenvalue weighted by Gasteiger charge is -2.20. The fourth-order valence-corrected chi connectivity index (χ4v) is 1.60. The molecule has 0 aliphatic heterocycles. The topological polar surface area (TPSA) is 94.0 Å². The highest BCUT2D eigenvalue weighted by atomic mass is 16.2. The molecule has 0 saturated carbocycles. The number of rotatable bonds is 4. The van der Waals surface area contributed by atoms with Crippen molar-refractivity contribution >= 4 is 23.2 Å². The molecule has 1 aromatic rings. The fourth-order valence-electron chi connectivity index (χ4n) is 1.60. The third-order valence-corrected chi connectivity index (χ3v) is 2.42. The molecule has 0 aliphatic carbocycles. The van der Waals surface area contributed by atoms with Crippen LogP contribution in [0, 0.1) is 11.3 Å². The molecule has 0 heterocycles. The van der Waals surface area contributed by atoms with Crippen molar-refractivity contribution in [3.05, 3.63) is 36.0 Å². The van der Waals surface area contributed by atoms with Gasteiger partial charge in [-0.2, -0.15) is 5.26 Å². The third kappa shape index (κ3) is 6.09. The van der Waals surface area contributed by atoms with Crippen molar-refractivity contribution in [1.29, 1.82) is 5.26 Å². The molecular weight excluding hydrogens is 280 g/mol. The summed E-state index contributed by atoms with van der Waals surface area (Å²) < 4.78 is 0. The van der Waals surface area contributed by atoms with Gasteiger partial charge in [0.05, 0.1) is 0 Å². The first kappa shape index (κ1) is 17.2. The number of anilines is 2. The predicted octanol–water partition coefficient (Wildman–Crippen LogP) is 2.38. The van der Waals surface area contributed by atoms with E-state index in [0.717, 1.165) is 0 Å². The molecule has 1 rings (SSSR count). The van der Waals surface area contributed by atoms with E-state index < -0.39 is 11.4 Å². The number of benzene rings is 1. The molecule has 0 saturated heterocycles. The quantitative estimate of drug-likeness (QED) is 0.588. The van der Waals surface area contributed by atoms with Crippen LogP contribution in [0.5, 0.6) is 0 Å². The van der Waals surface area contributed by atoms with Crippen LogP contribution in [0.2, 0.25) is 0 Å². The summed E-state index contributed by atoms with van der Waals surface area (Å²) in [5.41, 5.74) is 0.837. The van der Waals surface area contributed by atoms with Crippen molar-refractivity contribution in [2.75, 3.05) is 10.6 Å².